The zero-order valence-corrected chi connectivity index (χ0v) is 12.1. The van der Waals surface area contributed by atoms with E-state index in [1.54, 1.807) is 17.5 Å². The van der Waals surface area contributed by atoms with Crippen molar-refractivity contribution in [1.82, 2.24) is 20.1 Å². The van der Waals surface area contributed by atoms with Gasteiger partial charge in [0.15, 0.2) is 0 Å². The van der Waals surface area contributed by atoms with Gasteiger partial charge in [-0.2, -0.15) is 5.10 Å². The highest BCUT2D eigenvalue weighted by Crippen LogP contribution is 2.11. The van der Waals surface area contributed by atoms with E-state index in [4.69, 9.17) is 0 Å². The van der Waals surface area contributed by atoms with Gasteiger partial charge in [0.25, 0.3) is 0 Å². The van der Waals surface area contributed by atoms with Gasteiger partial charge in [0.05, 0.1) is 5.69 Å². The van der Waals surface area contributed by atoms with Crippen LogP contribution in [0.3, 0.4) is 0 Å². The molecule has 1 aromatic carbocycles. The van der Waals surface area contributed by atoms with Crippen molar-refractivity contribution in [2.75, 3.05) is 0 Å². The van der Waals surface area contributed by atoms with E-state index in [0.29, 0.717) is 0 Å². The Labute approximate surface area is 122 Å². The maximum absolute atomic E-state index is 4.34. The summed E-state index contributed by atoms with van der Waals surface area (Å²) in [4.78, 5) is 5.59. The first-order valence-electron chi connectivity index (χ1n) is 6.52. The van der Waals surface area contributed by atoms with Crippen molar-refractivity contribution in [1.29, 1.82) is 0 Å². The van der Waals surface area contributed by atoms with E-state index in [1.807, 2.05) is 23.1 Å². The molecule has 0 aliphatic carbocycles. The average molecular weight is 284 g/mol. The van der Waals surface area contributed by atoms with Crippen molar-refractivity contribution in [2.24, 2.45) is 0 Å². The lowest BCUT2D eigenvalue weighted by Crippen LogP contribution is -2.12. The van der Waals surface area contributed by atoms with E-state index in [1.165, 1.54) is 10.4 Å². The van der Waals surface area contributed by atoms with Gasteiger partial charge < -0.3 is 5.32 Å². The SMILES string of the molecule is Cc1cnc(CNCc2ccc(-n3cccn3)cc2)s1. The summed E-state index contributed by atoms with van der Waals surface area (Å²) in [6.07, 6.45) is 5.64. The monoisotopic (exact) mass is 284 g/mol. The van der Waals surface area contributed by atoms with Gasteiger partial charge in [-0.25, -0.2) is 9.67 Å². The Hall–Kier alpha value is -1.98. The molecule has 5 heteroatoms. The van der Waals surface area contributed by atoms with Crippen molar-refractivity contribution in [3.63, 3.8) is 0 Å². The fourth-order valence-electron chi connectivity index (χ4n) is 1.99. The van der Waals surface area contributed by atoms with Crippen LogP contribution in [0.25, 0.3) is 5.69 Å². The lowest BCUT2D eigenvalue weighted by Gasteiger charge is -2.05. The van der Waals surface area contributed by atoms with Crippen molar-refractivity contribution < 1.29 is 0 Å². The van der Waals surface area contributed by atoms with Crippen LogP contribution < -0.4 is 5.32 Å². The minimum atomic E-state index is 0.819. The molecule has 0 spiro atoms. The van der Waals surface area contributed by atoms with Crippen molar-refractivity contribution >= 4 is 11.3 Å². The molecule has 0 unspecified atom stereocenters. The number of aryl methyl sites for hydroxylation is 1. The fourth-order valence-corrected chi connectivity index (χ4v) is 2.74. The van der Waals surface area contributed by atoms with Crippen LogP contribution in [-0.2, 0) is 13.1 Å². The Bertz CT molecular complexity index is 656. The first kappa shape index (κ1) is 13.0. The second-order valence-electron chi connectivity index (χ2n) is 4.59. The molecule has 2 aromatic heterocycles. The highest BCUT2D eigenvalue weighted by molar-refractivity contribution is 7.11. The highest BCUT2D eigenvalue weighted by atomic mass is 32.1. The molecule has 0 aliphatic heterocycles. The number of thiazole rings is 1. The smallest absolute Gasteiger partial charge is 0.107 e. The molecule has 0 radical (unpaired) electrons. The van der Waals surface area contributed by atoms with E-state index in [0.717, 1.165) is 23.8 Å². The molecule has 0 saturated carbocycles. The molecule has 102 valence electrons. The lowest BCUT2D eigenvalue weighted by atomic mass is 10.2. The van der Waals surface area contributed by atoms with Crippen LogP contribution in [0.5, 0.6) is 0 Å². The Balaban J connectivity index is 1.56. The average Bonchev–Trinajstić information content (AvgIpc) is 3.11. The molecule has 4 nitrogen and oxygen atoms in total. The molecule has 3 rings (SSSR count). The third kappa shape index (κ3) is 3.12. The summed E-state index contributed by atoms with van der Waals surface area (Å²) < 4.78 is 1.86. The molecular formula is C15H16N4S. The van der Waals surface area contributed by atoms with Crippen molar-refractivity contribution in [2.45, 2.75) is 20.0 Å². The molecule has 3 aromatic rings. The fraction of sp³-hybridized carbons (Fsp3) is 0.200. The summed E-state index contributed by atoms with van der Waals surface area (Å²) in [5, 5.41) is 8.76. The number of hydrogen-bond acceptors (Lipinski definition) is 4. The van der Waals surface area contributed by atoms with E-state index < -0.39 is 0 Å². The second kappa shape index (κ2) is 5.98. The predicted octanol–water partition coefficient (Wildman–Crippen LogP) is 2.93. The van der Waals surface area contributed by atoms with Gasteiger partial charge in [-0.15, -0.1) is 11.3 Å². The first-order chi connectivity index (χ1) is 9.81. The molecule has 2 heterocycles. The minimum Gasteiger partial charge on any atom is -0.306 e. The third-order valence-corrected chi connectivity index (χ3v) is 3.89. The molecule has 0 bridgehead atoms. The van der Waals surface area contributed by atoms with Gasteiger partial charge in [-0.1, -0.05) is 12.1 Å². The Morgan fingerprint density at radius 2 is 2.05 bits per heavy atom. The lowest BCUT2D eigenvalue weighted by molar-refractivity contribution is 0.689. The Morgan fingerprint density at radius 3 is 2.70 bits per heavy atom. The summed E-state index contributed by atoms with van der Waals surface area (Å²) in [7, 11) is 0. The van der Waals surface area contributed by atoms with Gasteiger partial charge in [0.2, 0.25) is 0 Å². The van der Waals surface area contributed by atoms with E-state index in [2.05, 4.69) is 46.6 Å². The third-order valence-electron chi connectivity index (χ3n) is 2.98. The normalized spacial score (nSPS) is 10.8. The number of nitrogens with zero attached hydrogens (tertiary/aromatic N) is 3. The maximum atomic E-state index is 4.34. The van der Waals surface area contributed by atoms with E-state index in [-0.39, 0.29) is 0 Å². The van der Waals surface area contributed by atoms with Crippen LogP contribution >= 0.6 is 11.3 Å². The molecule has 1 N–H and O–H groups in total. The summed E-state index contributed by atoms with van der Waals surface area (Å²) in [6.45, 7) is 3.74. The molecule has 0 fully saturated rings. The molecule has 0 amide bonds. The van der Waals surface area contributed by atoms with Gasteiger partial charge in [-0.3, -0.25) is 0 Å². The highest BCUT2D eigenvalue weighted by Gasteiger charge is 2.00. The van der Waals surface area contributed by atoms with Crippen molar-refractivity contribution in [3.8, 4) is 5.69 Å². The Kier molecular flexibility index (Phi) is 3.90. The van der Waals surface area contributed by atoms with Gasteiger partial charge in [0.1, 0.15) is 5.01 Å². The van der Waals surface area contributed by atoms with Gasteiger partial charge >= 0.3 is 0 Å². The number of hydrogen-bond donors (Lipinski definition) is 1. The molecule has 0 atom stereocenters. The molecule has 0 aliphatic rings. The zero-order valence-electron chi connectivity index (χ0n) is 11.3. The van der Waals surface area contributed by atoms with Crippen LogP contribution in [0.1, 0.15) is 15.4 Å². The predicted molar refractivity (Wildman–Crippen MR) is 81.0 cm³/mol. The quantitative estimate of drug-likeness (QED) is 0.783. The Morgan fingerprint density at radius 1 is 1.20 bits per heavy atom. The van der Waals surface area contributed by atoms with Crippen LogP contribution in [-0.4, -0.2) is 14.8 Å². The number of nitrogens with one attached hydrogen (secondary N) is 1. The van der Waals surface area contributed by atoms with E-state index >= 15 is 0 Å². The standard InChI is InChI=1S/C15H16N4S/c1-12-9-17-15(20-12)11-16-10-13-3-5-14(6-4-13)19-8-2-7-18-19/h2-9,16H,10-11H2,1H3. The molecular weight excluding hydrogens is 268 g/mol. The summed E-state index contributed by atoms with van der Waals surface area (Å²) >= 11 is 1.74. The second-order valence-corrected chi connectivity index (χ2v) is 5.90. The van der Waals surface area contributed by atoms with Gasteiger partial charge in [0, 0.05) is 36.6 Å². The maximum Gasteiger partial charge on any atom is 0.107 e. The minimum absolute atomic E-state index is 0.819. The largest absolute Gasteiger partial charge is 0.306 e. The van der Waals surface area contributed by atoms with Crippen LogP contribution in [0.2, 0.25) is 0 Å². The topological polar surface area (TPSA) is 42.7 Å². The van der Waals surface area contributed by atoms with Crippen LogP contribution in [0.15, 0.2) is 48.9 Å². The summed E-state index contributed by atoms with van der Waals surface area (Å²) in [5.74, 6) is 0. The summed E-state index contributed by atoms with van der Waals surface area (Å²) in [6, 6.07) is 10.3. The summed E-state index contributed by atoms with van der Waals surface area (Å²) in [5.41, 5.74) is 2.34. The van der Waals surface area contributed by atoms with Crippen LogP contribution in [0.4, 0.5) is 0 Å². The van der Waals surface area contributed by atoms with Crippen LogP contribution in [0, 0.1) is 6.92 Å². The zero-order chi connectivity index (χ0) is 13.8. The van der Waals surface area contributed by atoms with E-state index in [9.17, 15) is 0 Å². The first-order valence-corrected chi connectivity index (χ1v) is 7.34. The number of rotatable bonds is 5. The molecule has 0 saturated heterocycles. The van der Waals surface area contributed by atoms with Gasteiger partial charge in [-0.05, 0) is 30.7 Å². The molecule has 20 heavy (non-hydrogen) atoms. The van der Waals surface area contributed by atoms with Crippen molar-refractivity contribution in [3.05, 3.63) is 64.4 Å². The number of aromatic nitrogens is 3. The number of benzene rings is 1.